The van der Waals surface area contributed by atoms with Gasteiger partial charge in [0.05, 0.1) is 11.6 Å². The highest BCUT2D eigenvalue weighted by Crippen LogP contribution is 2.25. The van der Waals surface area contributed by atoms with Crippen LogP contribution in [0.1, 0.15) is 18.4 Å². The predicted molar refractivity (Wildman–Crippen MR) is 89.9 cm³/mol. The van der Waals surface area contributed by atoms with Crippen LogP contribution < -0.4 is 10.6 Å². The molecule has 1 saturated heterocycles. The molecular weight excluding hydrogens is 282 g/mol. The number of ether oxygens (including phenoxy) is 1. The van der Waals surface area contributed by atoms with Gasteiger partial charge in [-0.3, -0.25) is 0 Å². The molecule has 0 bridgehead atoms. The number of fused-ring (bicyclic) bond motifs is 1. The van der Waals surface area contributed by atoms with E-state index in [0.29, 0.717) is 11.1 Å². The van der Waals surface area contributed by atoms with Crippen LogP contribution in [0.4, 0.5) is 5.82 Å². The highest BCUT2D eigenvalue weighted by molar-refractivity contribution is 7.80. The van der Waals surface area contributed by atoms with Crippen LogP contribution >= 0.6 is 12.2 Å². The zero-order valence-electron chi connectivity index (χ0n) is 12.1. The lowest BCUT2D eigenvalue weighted by atomic mass is 10.1. The van der Waals surface area contributed by atoms with E-state index in [1.54, 1.807) is 7.11 Å². The van der Waals surface area contributed by atoms with Gasteiger partial charge in [0, 0.05) is 31.1 Å². The summed E-state index contributed by atoms with van der Waals surface area (Å²) in [6, 6.07) is 9.99. The largest absolute Gasteiger partial charge is 0.389 e. The van der Waals surface area contributed by atoms with Gasteiger partial charge in [0.1, 0.15) is 10.8 Å². The molecule has 1 fully saturated rings. The van der Waals surface area contributed by atoms with Gasteiger partial charge in [-0.2, -0.15) is 0 Å². The molecule has 0 amide bonds. The lowest BCUT2D eigenvalue weighted by Gasteiger charge is -2.32. The molecule has 0 aliphatic carbocycles. The second kappa shape index (κ2) is 5.95. The summed E-state index contributed by atoms with van der Waals surface area (Å²) in [5.41, 5.74) is 7.73. The molecule has 2 aromatic rings. The molecule has 1 aliphatic heterocycles. The van der Waals surface area contributed by atoms with Gasteiger partial charge >= 0.3 is 0 Å². The van der Waals surface area contributed by atoms with E-state index in [2.05, 4.69) is 4.90 Å². The number of methoxy groups -OCH3 is 1. The van der Waals surface area contributed by atoms with Crippen molar-refractivity contribution >= 4 is 33.9 Å². The third-order valence-electron chi connectivity index (χ3n) is 4.07. The van der Waals surface area contributed by atoms with Crippen LogP contribution in [0.25, 0.3) is 10.9 Å². The van der Waals surface area contributed by atoms with E-state index in [1.165, 1.54) is 0 Å². The number of aromatic nitrogens is 1. The maximum atomic E-state index is 5.89. The summed E-state index contributed by atoms with van der Waals surface area (Å²) in [5.74, 6) is 0.950. The highest BCUT2D eigenvalue weighted by Gasteiger charge is 2.20. The van der Waals surface area contributed by atoms with Gasteiger partial charge in [0.2, 0.25) is 0 Å². The van der Waals surface area contributed by atoms with Gasteiger partial charge in [-0.05, 0) is 25.0 Å². The van der Waals surface area contributed by atoms with Crippen molar-refractivity contribution in [3.05, 3.63) is 35.9 Å². The van der Waals surface area contributed by atoms with Crippen molar-refractivity contribution in [2.24, 2.45) is 5.73 Å². The first-order chi connectivity index (χ1) is 10.2. The molecule has 2 heterocycles. The lowest BCUT2D eigenvalue weighted by Crippen LogP contribution is -2.37. The average Bonchev–Trinajstić information content (AvgIpc) is 2.53. The second-order valence-electron chi connectivity index (χ2n) is 5.33. The van der Waals surface area contributed by atoms with Gasteiger partial charge in [-0.1, -0.05) is 30.4 Å². The standard InChI is InChI=1S/C16H19N3OS/c1-20-11-6-8-19(9-7-11)15-10-13(16(17)21)12-4-2-3-5-14(12)18-15/h2-5,10-11H,6-9H2,1H3,(H2,17,21). The number of hydrogen-bond acceptors (Lipinski definition) is 4. The zero-order chi connectivity index (χ0) is 14.8. The Kier molecular flexibility index (Phi) is 4.03. The first kappa shape index (κ1) is 14.2. The number of para-hydroxylation sites is 1. The molecule has 4 nitrogen and oxygen atoms in total. The van der Waals surface area contributed by atoms with E-state index < -0.39 is 0 Å². The Labute approximate surface area is 129 Å². The number of piperidine rings is 1. The van der Waals surface area contributed by atoms with Crippen LogP contribution in [0, 0.1) is 0 Å². The van der Waals surface area contributed by atoms with E-state index in [-0.39, 0.29) is 0 Å². The van der Waals surface area contributed by atoms with Crippen LogP contribution in [-0.2, 0) is 4.74 Å². The Balaban J connectivity index is 1.98. The molecule has 110 valence electrons. The minimum absolute atomic E-state index is 0.358. The molecule has 2 N–H and O–H groups in total. The molecule has 5 heteroatoms. The summed E-state index contributed by atoms with van der Waals surface area (Å²) < 4.78 is 5.42. The van der Waals surface area contributed by atoms with Crippen molar-refractivity contribution in [1.29, 1.82) is 0 Å². The van der Waals surface area contributed by atoms with Crippen LogP contribution in [-0.4, -0.2) is 36.3 Å². The monoisotopic (exact) mass is 301 g/mol. The van der Waals surface area contributed by atoms with Gasteiger partial charge < -0.3 is 15.4 Å². The minimum atomic E-state index is 0.358. The number of nitrogens with zero attached hydrogens (tertiary/aromatic N) is 2. The summed E-state index contributed by atoms with van der Waals surface area (Å²) in [5, 5.41) is 1.01. The van der Waals surface area contributed by atoms with Gasteiger partial charge in [0.25, 0.3) is 0 Å². The number of benzene rings is 1. The molecule has 0 unspecified atom stereocenters. The number of nitrogens with two attached hydrogens (primary N) is 1. The summed E-state index contributed by atoms with van der Waals surface area (Å²) >= 11 is 5.20. The minimum Gasteiger partial charge on any atom is -0.389 e. The van der Waals surface area contributed by atoms with E-state index in [0.717, 1.165) is 48.2 Å². The van der Waals surface area contributed by atoms with Crippen LogP contribution in [0.5, 0.6) is 0 Å². The fourth-order valence-electron chi connectivity index (χ4n) is 2.85. The predicted octanol–water partition coefficient (Wildman–Crippen LogP) is 2.48. The van der Waals surface area contributed by atoms with Crippen molar-refractivity contribution < 1.29 is 4.74 Å². The maximum Gasteiger partial charge on any atom is 0.129 e. The Bertz CT molecular complexity index is 666. The van der Waals surface area contributed by atoms with E-state index in [9.17, 15) is 0 Å². The fraction of sp³-hybridized carbons (Fsp3) is 0.375. The zero-order valence-corrected chi connectivity index (χ0v) is 12.9. The second-order valence-corrected chi connectivity index (χ2v) is 5.77. The van der Waals surface area contributed by atoms with Crippen molar-refractivity contribution in [3.8, 4) is 0 Å². The lowest BCUT2D eigenvalue weighted by molar-refractivity contribution is 0.0818. The van der Waals surface area contributed by atoms with Gasteiger partial charge in [0.15, 0.2) is 0 Å². The fourth-order valence-corrected chi connectivity index (χ4v) is 3.02. The molecular formula is C16H19N3OS. The molecule has 0 radical (unpaired) electrons. The summed E-state index contributed by atoms with van der Waals surface area (Å²) in [4.78, 5) is 7.46. The Morgan fingerprint density at radius 1 is 1.33 bits per heavy atom. The molecule has 21 heavy (non-hydrogen) atoms. The van der Waals surface area contributed by atoms with Crippen LogP contribution in [0.15, 0.2) is 30.3 Å². The molecule has 0 saturated carbocycles. The molecule has 1 aliphatic rings. The normalized spacial score (nSPS) is 16.3. The smallest absolute Gasteiger partial charge is 0.129 e. The van der Waals surface area contributed by atoms with Crippen LogP contribution in [0.2, 0.25) is 0 Å². The number of hydrogen-bond donors (Lipinski definition) is 1. The maximum absolute atomic E-state index is 5.89. The Morgan fingerprint density at radius 2 is 2.05 bits per heavy atom. The molecule has 0 spiro atoms. The third-order valence-corrected chi connectivity index (χ3v) is 4.29. The molecule has 3 rings (SSSR count). The van der Waals surface area contributed by atoms with Crippen molar-refractivity contribution in [1.82, 2.24) is 4.98 Å². The SMILES string of the molecule is COC1CCN(c2cc(C(N)=S)c3ccccc3n2)CC1. The first-order valence-electron chi connectivity index (χ1n) is 7.16. The molecule has 1 aromatic carbocycles. The number of pyridine rings is 1. The summed E-state index contributed by atoms with van der Waals surface area (Å²) in [6.45, 7) is 1.89. The molecule has 1 aromatic heterocycles. The first-order valence-corrected chi connectivity index (χ1v) is 7.57. The Hall–Kier alpha value is -1.72. The number of thiocarbonyl (C=S) groups is 1. The van der Waals surface area contributed by atoms with Gasteiger partial charge in [-0.15, -0.1) is 0 Å². The highest BCUT2D eigenvalue weighted by atomic mass is 32.1. The number of anilines is 1. The quantitative estimate of drug-likeness (QED) is 0.883. The molecule has 0 atom stereocenters. The summed E-state index contributed by atoms with van der Waals surface area (Å²) in [7, 11) is 1.78. The van der Waals surface area contributed by atoms with E-state index in [4.69, 9.17) is 27.7 Å². The topological polar surface area (TPSA) is 51.4 Å². The van der Waals surface area contributed by atoms with Crippen LogP contribution in [0.3, 0.4) is 0 Å². The van der Waals surface area contributed by atoms with E-state index >= 15 is 0 Å². The van der Waals surface area contributed by atoms with Crippen molar-refractivity contribution in [3.63, 3.8) is 0 Å². The Morgan fingerprint density at radius 3 is 2.71 bits per heavy atom. The average molecular weight is 301 g/mol. The van der Waals surface area contributed by atoms with E-state index in [1.807, 2.05) is 30.3 Å². The van der Waals surface area contributed by atoms with Crippen molar-refractivity contribution in [2.75, 3.05) is 25.1 Å². The van der Waals surface area contributed by atoms with Crippen molar-refractivity contribution in [2.45, 2.75) is 18.9 Å². The third kappa shape index (κ3) is 2.84. The van der Waals surface area contributed by atoms with Gasteiger partial charge in [-0.25, -0.2) is 4.98 Å². The number of rotatable bonds is 3. The summed E-state index contributed by atoms with van der Waals surface area (Å²) in [6.07, 6.45) is 2.40.